The van der Waals surface area contributed by atoms with Crippen LogP contribution in [0.15, 0.2) is 65.4 Å². The smallest absolute Gasteiger partial charge is 0.249 e. The van der Waals surface area contributed by atoms with Gasteiger partial charge in [0.15, 0.2) is 0 Å². The molecule has 0 aliphatic heterocycles. The molecule has 4 aromatic rings. The summed E-state index contributed by atoms with van der Waals surface area (Å²) >= 11 is 1.59. The molecule has 0 aliphatic carbocycles. The Morgan fingerprint density at radius 1 is 1.12 bits per heavy atom. The third kappa shape index (κ3) is 5.19. The lowest BCUT2D eigenvalue weighted by Crippen LogP contribution is -2.33. The Bertz CT molecular complexity index is 1190. The maximum atomic E-state index is 13.3. The maximum absolute atomic E-state index is 13.3. The van der Waals surface area contributed by atoms with Gasteiger partial charge in [-0.2, -0.15) is 11.3 Å². The molecule has 0 saturated carbocycles. The van der Waals surface area contributed by atoms with Crippen molar-refractivity contribution < 1.29 is 14.3 Å². The number of hydrogen-bond donors (Lipinski definition) is 1. The maximum Gasteiger partial charge on any atom is 0.249 e. The molecule has 1 N–H and O–H groups in total. The molecule has 0 atom stereocenters. The number of rotatable bonds is 9. The Morgan fingerprint density at radius 2 is 1.94 bits per heavy atom. The van der Waals surface area contributed by atoms with Gasteiger partial charge in [0.1, 0.15) is 12.1 Å². The number of carbonyl (C=O) groups is 2. The highest BCUT2D eigenvalue weighted by Crippen LogP contribution is 2.22. The zero-order valence-electron chi connectivity index (χ0n) is 17.6. The molecule has 0 radical (unpaired) electrons. The summed E-state index contributed by atoms with van der Waals surface area (Å²) in [6, 6.07) is 16.8. The quantitative estimate of drug-likeness (QED) is 0.421. The molecule has 0 bridgehead atoms. The number of fused-ring (bicyclic) bond motifs is 1. The van der Waals surface area contributed by atoms with Gasteiger partial charge in [-0.1, -0.05) is 17.3 Å². The molecule has 2 aromatic carbocycles. The van der Waals surface area contributed by atoms with Crippen LogP contribution in [0.25, 0.3) is 11.0 Å². The van der Waals surface area contributed by atoms with Crippen LogP contribution in [0.5, 0.6) is 0 Å². The second kappa shape index (κ2) is 10.2. The molecule has 0 saturated heterocycles. The van der Waals surface area contributed by atoms with E-state index in [2.05, 4.69) is 15.6 Å². The normalized spacial score (nSPS) is 10.9. The molecular weight excluding hydrogens is 426 g/mol. The number of aromatic nitrogens is 3. The van der Waals surface area contributed by atoms with Crippen molar-refractivity contribution in [2.24, 2.45) is 0 Å². The lowest BCUT2D eigenvalue weighted by molar-refractivity contribution is -0.119. The van der Waals surface area contributed by atoms with Crippen LogP contribution < -0.4 is 10.2 Å². The van der Waals surface area contributed by atoms with E-state index < -0.39 is 0 Å². The number of nitrogens with one attached hydrogen (secondary N) is 1. The number of amides is 2. The molecular formula is C23H23N5O3S. The summed E-state index contributed by atoms with van der Waals surface area (Å²) in [6.45, 7) is 0.873. The zero-order valence-corrected chi connectivity index (χ0v) is 18.4. The standard InChI is InChI=1S/C23H23N5O3S/c1-31-12-10-22(29)24-18-6-8-19(9-7-18)27(14-17-11-13-32-16-17)23(30)15-28-21-5-3-2-4-20(21)25-26-28/h2-9,11,13,16H,10,12,14-15H2,1H3,(H,24,29). The number of carbonyl (C=O) groups excluding carboxylic acids is 2. The second-order valence-electron chi connectivity index (χ2n) is 7.19. The third-order valence-electron chi connectivity index (χ3n) is 4.92. The fourth-order valence-electron chi connectivity index (χ4n) is 3.28. The Morgan fingerprint density at radius 3 is 2.69 bits per heavy atom. The molecule has 2 aromatic heterocycles. The van der Waals surface area contributed by atoms with E-state index >= 15 is 0 Å². The fourth-order valence-corrected chi connectivity index (χ4v) is 3.94. The van der Waals surface area contributed by atoms with Crippen LogP contribution in [0, 0.1) is 0 Å². The summed E-state index contributed by atoms with van der Waals surface area (Å²) in [7, 11) is 1.56. The Labute approximate surface area is 189 Å². The van der Waals surface area contributed by atoms with Crippen molar-refractivity contribution in [3.05, 3.63) is 70.9 Å². The van der Waals surface area contributed by atoms with Crippen molar-refractivity contribution in [2.45, 2.75) is 19.5 Å². The van der Waals surface area contributed by atoms with Crippen LogP contribution in [0.4, 0.5) is 11.4 Å². The van der Waals surface area contributed by atoms with Gasteiger partial charge in [0.05, 0.1) is 25.1 Å². The predicted octanol–water partition coefficient (Wildman–Crippen LogP) is 3.70. The SMILES string of the molecule is COCCC(=O)Nc1ccc(N(Cc2ccsc2)C(=O)Cn2nnc3ccccc32)cc1. The van der Waals surface area contributed by atoms with E-state index in [9.17, 15) is 9.59 Å². The molecule has 0 fully saturated rings. The van der Waals surface area contributed by atoms with E-state index in [1.165, 1.54) is 0 Å². The summed E-state index contributed by atoms with van der Waals surface area (Å²) in [4.78, 5) is 27.0. The second-order valence-corrected chi connectivity index (χ2v) is 7.97. The van der Waals surface area contributed by atoms with E-state index in [0.29, 0.717) is 18.8 Å². The van der Waals surface area contributed by atoms with E-state index in [1.807, 2.05) is 53.2 Å². The lowest BCUT2D eigenvalue weighted by atomic mass is 10.2. The average molecular weight is 450 g/mol. The van der Waals surface area contributed by atoms with Gasteiger partial charge in [-0.05, 0) is 58.8 Å². The number of hydrogen-bond acceptors (Lipinski definition) is 6. The van der Waals surface area contributed by atoms with Gasteiger partial charge in [-0.25, -0.2) is 4.68 Å². The monoisotopic (exact) mass is 449 g/mol. The van der Waals surface area contributed by atoms with E-state index in [-0.39, 0.29) is 24.8 Å². The predicted molar refractivity (Wildman–Crippen MR) is 125 cm³/mol. The van der Waals surface area contributed by atoms with Crippen molar-refractivity contribution in [1.82, 2.24) is 15.0 Å². The molecule has 32 heavy (non-hydrogen) atoms. The van der Waals surface area contributed by atoms with E-state index in [0.717, 1.165) is 22.3 Å². The number of benzene rings is 2. The molecule has 0 aliphatic rings. The minimum Gasteiger partial charge on any atom is -0.384 e. The first-order chi connectivity index (χ1) is 15.6. The summed E-state index contributed by atoms with van der Waals surface area (Å²) in [5.41, 5.74) is 4.01. The molecule has 8 nitrogen and oxygen atoms in total. The zero-order chi connectivity index (χ0) is 22.3. The van der Waals surface area contributed by atoms with Crippen LogP contribution in [-0.2, 0) is 27.4 Å². The van der Waals surface area contributed by atoms with E-state index in [1.54, 1.807) is 40.2 Å². The third-order valence-corrected chi connectivity index (χ3v) is 5.66. The number of para-hydroxylation sites is 1. The molecule has 2 heterocycles. The van der Waals surface area contributed by atoms with Crippen LogP contribution in [0.2, 0.25) is 0 Å². The van der Waals surface area contributed by atoms with Gasteiger partial charge >= 0.3 is 0 Å². The number of nitrogens with zero attached hydrogens (tertiary/aromatic N) is 4. The molecule has 164 valence electrons. The minimum atomic E-state index is -0.121. The lowest BCUT2D eigenvalue weighted by Gasteiger charge is -2.23. The van der Waals surface area contributed by atoms with Gasteiger partial charge in [-0.3, -0.25) is 9.59 Å². The highest BCUT2D eigenvalue weighted by molar-refractivity contribution is 7.07. The number of methoxy groups -OCH3 is 1. The van der Waals surface area contributed by atoms with Crippen LogP contribution in [0.3, 0.4) is 0 Å². The fraction of sp³-hybridized carbons (Fsp3) is 0.217. The van der Waals surface area contributed by atoms with Crippen molar-refractivity contribution in [2.75, 3.05) is 23.9 Å². The Kier molecular flexibility index (Phi) is 6.88. The first-order valence-corrected chi connectivity index (χ1v) is 11.1. The van der Waals surface area contributed by atoms with Crippen molar-refractivity contribution in [1.29, 1.82) is 0 Å². The van der Waals surface area contributed by atoms with Gasteiger partial charge in [0.2, 0.25) is 11.8 Å². The van der Waals surface area contributed by atoms with Crippen molar-refractivity contribution >= 4 is 45.6 Å². The first-order valence-electron chi connectivity index (χ1n) is 10.1. The topological polar surface area (TPSA) is 89.4 Å². The van der Waals surface area contributed by atoms with Gasteiger partial charge in [0, 0.05) is 18.5 Å². The Hall–Kier alpha value is -3.56. The molecule has 2 amide bonds. The average Bonchev–Trinajstić information content (AvgIpc) is 3.47. The minimum absolute atomic E-state index is 0.0696. The van der Waals surface area contributed by atoms with Gasteiger partial charge in [0.25, 0.3) is 0 Å². The van der Waals surface area contributed by atoms with Crippen molar-refractivity contribution in [3.63, 3.8) is 0 Å². The van der Waals surface area contributed by atoms with Gasteiger partial charge in [-0.15, -0.1) is 5.10 Å². The molecule has 0 spiro atoms. The number of thiophene rings is 1. The largest absolute Gasteiger partial charge is 0.384 e. The highest BCUT2D eigenvalue weighted by Gasteiger charge is 2.19. The summed E-state index contributed by atoms with van der Waals surface area (Å²) in [5.74, 6) is -0.229. The summed E-state index contributed by atoms with van der Waals surface area (Å²) in [6.07, 6.45) is 0.285. The molecule has 9 heteroatoms. The summed E-state index contributed by atoms with van der Waals surface area (Å²) in [5, 5.41) is 15.1. The number of anilines is 2. The van der Waals surface area contributed by atoms with Crippen LogP contribution >= 0.6 is 11.3 Å². The summed E-state index contributed by atoms with van der Waals surface area (Å²) < 4.78 is 6.54. The molecule has 4 rings (SSSR count). The molecule has 0 unspecified atom stereocenters. The van der Waals surface area contributed by atoms with Crippen molar-refractivity contribution in [3.8, 4) is 0 Å². The van der Waals surface area contributed by atoms with E-state index in [4.69, 9.17) is 4.74 Å². The van der Waals surface area contributed by atoms with Crippen LogP contribution in [0.1, 0.15) is 12.0 Å². The van der Waals surface area contributed by atoms with Gasteiger partial charge < -0.3 is 15.0 Å². The Balaban J connectivity index is 1.53. The first kappa shape index (κ1) is 21.7. The highest BCUT2D eigenvalue weighted by atomic mass is 32.1. The van der Waals surface area contributed by atoms with Crippen LogP contribution in [-0.4, -0.2) is 40.5 Å². The number of ether oxygens (including phenoxy) is 1.